The van der Waals surface area contributed by atoms with Gasteiger partial charge in [-0.05, 0) is 22.3 Å². The van der Waals surface area contributed by atoms with Gasteiger partial charge in [0.2, 0.25) is 0 Å². The summed E-state index contributed by atoms with van der Waals surface area (Å²) in [5, 5.41) is 0. The summed E-state index contributed by atoms with van der Waals surface area (Å²) in [6, 6.07) is 15.4. The van der Waals surface area contributed by atoms with Gasteiger partial charge in [-0.2, -0.15) is 0 Å². The van der Waals surface area contributed by atoms with Gasteiger partial charge in [0.1, 0.15) is 25.4 Å². The Morgan fingerprint density at radius 1 is 1.11 bits per heavy atom. The van der Waals surface area contributed by atoms with Crippen molar-refractivity contribution in [3.63, 3.8) is 0 Å². The van der Waals surface area contributed by atoms with E-state index in [1.54, 1.807) is 0 Å². The Bertz CT molecular complexity index is 882. The summed E-state index contributed by atoms with van der Waals surface area (Å²) in [6.45, 7) is 0.513. The summed E-state index contributed by atoms with van der Waals surface area (Å²) in [6.07, 6.45) is -0.920. The van der Waals surface area contributed by atoms with Gasteiger partial charge >= 0.3 is 6.09 Å². The lowest BCUT2D eigenvalue weighted by molar-refractivity contribution is -0.121. The van der Waals surface area contributed by atoms with Gasteiger partial charge in [-0.3, -0.25) is 9.69 Å². The van der Waals surface area contributed by atoms with Crippen molar-refractivity contribution in [2.45, 2.75) is 24.1 Å². The number of nitrogens with two attached hydrogens (primary N) is 1. The Kier molecular flexibility index (Phi) is 3.77. The average Bonchev–Trinajstić information content (AvgIpc) is 3.33. The fraction of sp³-hybridized carbons (Fsp3) is 0.333. The molecule has 6 nitrogen and oxygen atoms in total. The summed E-state index contributed by atoms with van der Waals surface area (Å²) in [5.41, 5.74) is 10.7. The van der Waals surface area contributed by atoms with Gasteiger partial charge in [0.15, 0.2) is 5.78 Å². The number of Topliss-reactive ketones (excluding diaryl/α,β-unsaturated/α-hetero) is 1. The minimum atomic E-state index is -0.615. The molecular formula is C21H20N2O4. The van der Waals surface area contributed by atoms with Crippen LogP contribution in [0.15, 0.2) is 48.5 Å². The summed E-state index contributed by atoms with van der Waals surface area (Å²) in [7, 11) is 0. The molecule has 3 aliphatic rings. The molecule has 0 unspecified atom stereocenters. The molecular weight excluding hydrogens is 344 g/mol. The van der Waals surface area contributed by atoms with E-state index in [1.807, 2.05) is 24.3 Å². The number of carbonyl (C=O) groups excluding carboxylic acids is 2. The third-order valence-corrected chi connectivity index (χ3v) is 5.79. The lowest BCUT2D eigenvalue weighted by Crippen LogP contribution is -2.42. The summed E-state index contributed by atoms with van der Waals surface area (Å²) in [4.78, 5) is 26.2. The van der Waals surface area contributed by atoms with E-state index in [-0.39, 0.29) is 37.5 Å². The minimum Gasteiger partial charge on any atom is -0.448 e. The van der Waals surface area contributed by atoms with Gasteiger partial charge in [0, 0.05) is 12.5 Å². The number of ether oxygens (including phenoxy) is 2. The molecule has 0 radical (unpaired) electrons. The number of amides is 1. The monoisotopic (exact) mass is 364 g/mol. The van der Waals surface area contributed by atoms with Crippen LogP contribution in [0.25, 0.3) is 11.1 Å². The standard InChI is InChI=1S/C21H20N2O4/c22-17-9-23(19-18(24)11-26-20(17)19)21(25)27-10-16-14-7-3-1-5-12(14)13-6-2-4-8-15(13)16/h1-8,16-17,19-20H,9-11,22H2/t17-,19+,20+/m0/s1. The zero-order valence-corrected chi connectivity index (χ0v) is 14.7. The van der Waals surface area contributed by atoms with Crippen molar-refractivity contribution in [1.29, 1.82) is 0 Å². The molecule has 1 amide bonds. The molecule has 0 saturated carbocycles. The molecule has 0 aromatic heterocycles. The van der Waals surface area contributed by atoms with E-state index in [0.717, 1.165) is 11.1 Å². The quantitative estimate of drug-likeness (QED) is 0.880. The number of carbonyl (C=O) groups is 2. The second-order valence-electron chi connectivity index (χ2n) is 7.31. The molecule has 0 bridgehead atoms. The van der Waals surface area contributed by atoms with Crippen LogP contribution in [0.1, 0.15) is 17.0 Å². The van der Waals surface area contributed by atoms with E-state index in [1.165, 1.54) is 16.0 Å². The Hall–Kier alpha value is -2.70. The van der Waals surface area contributed by atoms with E-state index < -0.39 is 18.2 Å². The van der Waals surface area contributed by atoms with Crippen molar-refractivity contribution in [2.24, 2.45) is 5.73 Å². The fourth-order valence-corrected chi connectivity index (χ4v) is 4.56. The SMILES string of the molecule is N[C@H]1CN(C(=O)OCC2c3ccccc3-c3ccccc32)[C@@H]2C(=O)CO[C@@H]21. The van der Waals surface area contributed by atoms with Crippen LogP contribution < -0.4 is 5.73 Å². The maximum atomic E-state index is 12.7. The zero-order valence-electron chi connectivity index (χ0n) is 14.7. The first-order valence-corrected chi connectivity index (χ1v) is 9.16. The number of hydrogen-bond donors (Lipinski definition) is 1. The Labute approximate surface area is 156 Å². The molecule has 2 N–H and O–H groups in total. The minimum absolute atomic E-state index is 0.0101. The van der Waals surface area contributed by atoms with Gasteiger partial charge in [0.05, 0.1) is 6.04 Å². The number of hydrogen-bond acceptors (Lipinski definition) is 5. The molecule has 2 aromatic rings. The Balaban J connectivity index is 1.36. The van der Waals surface area contributed by atoms with Crippen molar-refractivity contribution in [3.8, 4) is 11.1 Å². The van der Waals surface area contributed by atoms with Gasteiger partial charge in [-0.25, -0.2) is 4.79 Å². The highest BCUT2D eigenvalue weighted by Crippen LogP contribution is 2.44. The molecule has 3 atom stereocenters. The first-order valence-electron chi connectivity index (χ1n) is 9.16. The molecule has 2 aliphatic heterocycles. The molecule has 5 rings (SSSR count). The Morgan fingerprint density at radius 2 is 1.74 bits per heavy atom. The molecule has 2 saturated heterocycles. The van der Waals surface area contributed by atoms with Crippen LogP contribution in [0.5, 0.6) is 0 Å². The molecule has 2 fully saturated rings. The average molecular weight is 364 g/mol. The zero-order chi connectivity index (χ0) is 18.5. The molecule has 138 valence electrons. The third kappa shape index (κ3) is 2.48. The Morgan fingerprint density at radius 3 is 2.41 bits per heavy atom. The van der Waals surface area contributed by atoms with E-state index in [2.05, 4.69) is 24.3 Å². The number of benzene rings is 2. The van der Waals surface area contributed by atoms with Crippen LogP contribution in [0, 0.1) is 0 Å². The lowest BCUT2D eigenvalue weighted by Gasteiger charge is -2.22. The summed E-state index contributed by atoms with van der Waals surface area (Å²) < 4.78 is 11.1. The molecule has 0 spiro atoms. The van der Waals surface area contributed by atoms with Crippen LogP contribution in [0.2, 0.25) is 0 Å². The van der Waals surface area contributed by atoms with Gasteiger partial charge < -0.3 is 15.2 Å². The number of nitrogens with zero attached hydrogens (tertiary/aromatic N) is 1. The molecule has 1 aliphatic carbocycles. The number of rotatable bonds is 2. The summed E-state index contributed by atoms with van der Waals surface area (Å²) in [5.74, 6) is -0.120. The fourth-order valence-electron chi connectivity index (χ4n) is 4.56. The first kappa shape index (κ1) is 16.5. The number of fused-ring (bicyclic) bond motifs is 4. The van der Waals surface area contributed by atoms with Crippen molar-refractivity contribution >= 4 is 11.9 Å². The number of likely N-dealkylation sites (tertiary alicyclic amines) is 1. The second kappa shape index (κ2) is 6.18. The van der Waals surface area contributed by atoms with Crippen molar-refractivity contribution in [2.75, 3.05) is 19.8 Å². The lowest BCUT2D eigenvalue weighted by atomic mass is 9.98. The maximum absolute atomic E-state index is 12.7. The van der Waals surface area contributed by atoms with Crippen LogP contribution in [-0.2, 0) is 14.3 Å². The topological polar surface area (TPSA) is 81.9 Å². The highest BCUT2D eigenvalue weighted by molar-refractivity contribution is 5.91. The molecule has 6 heteroatoms. The predicted octanol–water partition coefficient (Wildman–Crippen LogP) is 1.91. The molecule has 27 heavy (non-hydrogen) atoms. The highest BCUT2D eigenvalue weighted by Gasteiger charge is 2.51. The van der Waals surface area contributed by atoms with Crippen LogP contribution in [-0.4, -0.2) is 54.7 Å². The number of ketones is 1. The van der Waals surface area contributed by atoms with Gasteiger partial charge in [0.25, 0.3) is 0 Å². The van der Waals surface area contributed by atoms with Crippen molar-refractivity contribution in [3.05, 3.63) is 59.7 Å². The van der Waals surface area contributed by atoms with Crippen molar-refractivity contribution in [1.82, 2.24) is 4.90 Å². The second-order valence-corrected chi connectivity index (χ2v) is 7.31. The molecule has 2 heterocycles. The van der Waals surface area contributed by atoms with Gasteiger partial charge in [-0.1, -0.05) is 48.5 Å². The van der Waals surface area contributed by atoms with Crippen molar-refractivity contribution < 1.29 is 19.1 Å². The van der Waals surface area contributed by atoms with Crippen LogP contribution in [0.4, 0.5) is 4.79 Å². The van der Waals surface area contributed by atoms with E-state index >= 15 is 0 Å². The largest absolute Gasteiger partial charge is 0.448 e. The van der Waals surface area contributed by atoms with E-state index in [0.29, 0.717) is 0 Å². The summed E-state index contributed by atoms with van der Waals surface area (Å²) >= 11 is 0. The molecule has 2 aromatic carbocycles. The predicted molar refractivity (Wildman–Crippen MR) is 98.3 cm³/mol. The smallest absolute Gasteiger partial charge is 0.410 e. The van der Waals surface area contributed by atoms with E-state index in [4.69, 9.17) is 15.2 Å². The normalized spacial score (nSPS) is 26.0. The highest BCUT2D eigenvalue weighted by atomic mass is 16.6. The van der Waals surface area contributed by atoms with E-state index in [9.17, 15) is 9.59 Å². The van der Waals surface area contributed by atoms with Crippen LogP contribution >= 0.6 is 0 Å². The van der Waals surface area contributed by atoms with Crippen LogP contribution in [0.3, 0.4) is 0 Å². The first-order chi connectivity index (χ1) is 13.1. The van der Waals surface area contributed by atoms with Gasteiger partial charge in [-0.15, -0.1) is 0 Å². The third-order valence-electron chi connectivity index (χ3n) is 5.79. The maximum Gasteiger partial charge on any atom is 0.410 e.